The lowest BCUT2D eigenvalue weighted by Crippen LogP contribution is -2.19. The van der Waals surface area contributed by atoms with E-state index >= 15 is 0 Å². The topological polar surface area (TPSA) is 28.0 Å². The monoisotopic (exact) mass is 115 g/mol. The average Bonchev–Trinajstić information content (AvgIpc) is 1.67. The van der Waals surface area contributed by atoms with Gasteiger partial charge in [0.2, 0.25) is 0 Å². The molecule has 48 valence electrons. The van der Waals surface area contributed by atoms with Crippen LogP contribution in [-0.4, -0.2) is 25.1 Å². The summed E-state index contributed by atoms with van der Waals surface area (Å²) in [6, 6.07) is 0.443. The molecule has 0 saturated heterocycles. The first kappa shape index (κ1) is 7.40. The van der Waals surface area contributed by atoms with Crippen LogP contribution < -0.4 is 0 Å². The molecule has 0 heterocycles. The third-order valence-electron chi connectivity index (χ3n) is 0.978. The molecule has 3 nitrogen and oxygen atoms in total. The van der Waals surface area contributed by atoms with Crippen molar-refractivity contribution in [3.05, 3.63) is 0 Å². The van der Waals surface area contributed by atoms with E-state index in [1.54, 1.807) is 12.1 Å². The van der Waals surface area contributed by atoms with Crippen molar-refractivity contribution in [2.24, 2.45) is 10.3 Å². The van der Waals surface area contributed by atoms with Gasteiger partial charge >= 0.3 is 0 Å². The fraction of sp³-hybridized carbons (Fsp3) is 1.00. The smallest absolute Gasteiger partial charge is 0.0509 e. The molecule has 0 unspecified atom stereocenters. The summed E-state index contributed by atoms with van der Waals surface area (Å²) in [6.07, 6.45) is 0. The first-order valence-electron chi connectivity index (χ1n) is 2.71. The standard InChI is InChI=1S/C5H13N3/c1-5(2)8(4)7-6-3/h5H,1-4H3/b7-6-. The van der Waals surface area contributed by atoms with E-state index in [9.17, 15) is 0 Å². The van der Waals surface area contributed by atoms with Crippen LogP contribution in [-0.2, 0) is 0 Å². The van der Waals surface area contributed by atoms with E-state index in [4.69, 9.17) is 0 Å². The van der Waals surface area contributed by atoms with Gasteiger partial charge in [0.25, 0.3) is 0 Å². The van der Waals surface area contributed by atoms with Gasteiger partial charge in [0.15, 0.2) is 0 Å². The second-order valence-corrected chi connectivity index (χ2v) is 1.96. The van der Waals surface area contributed by atoms with Gasteiger partial charge in [0.05, 0.1) is 7.05 Å². The molecule has 3 heteroatoms. The van der Waals surface area contributed by atoms with Gasteiger partial charge in [-0.05, 0) is 13.8 Å². The average molecular weight is 115 g/mol. The fourth-order valence-corrected chi connectivity index (χ4v) is 0.244. The van der Waals surface area contributed by atoms with Crippen molar-refractivity contribution in [1.29, 1.82) is 0 Å². The lowest BCUT2D eigenvalue weighted by atomic mass is 10.4. The van der Waals surface area contributed by atoms with Crippen LogP contribution in [0.5, 0.6) is 0 Å². The molecule has 0 spiro atoms. The molecule has 0 aliphatic rings. The molecule has 0 aromatic rings. The van der Waals surface area contributed by atoms with Crippen LogP contribution in [0.2, 0.25) is 0 Å². The van der Waals surface area contributed by atoms with Crippen LogP contribution in [0.15, 0.2) is 10.3 Å². The Kier molecular flexibility index (Phi) is 3.15. The molecular weight excluding hydrogens is 102 g/mol. The molecule has 0 atom stereocenters. The lowest BCUT2D eigenvalue weighted by Gasteiger charge is -2.14. The van der Waals surface area contributed by atoms with E-state index in [-0.39, 0.29) is 0 Å². The van der Waals surface area contributed by atoms with Crippen molar-refractivity contribution in [2.75, 3.05) is 14.1 Å². The highest BCUT2D eigenvalue weighted by Crippen LogP contribution is 1.92. The van der Waals surface area contributed by atoms with Crippen LogP contribution in [0.4, 0.5) is 0 Å². The van der Waals surface area contributed by atoms with Gasteiger partial charge in [-0.1, -0.05) is 5.22 Å². The summed E-state index contributed by atoms with van der Waals surface area (Å²) in [5.74, 6) is 0. The molecule has 0 aliphatic carbocycles. The second kappa shape index (κ2) is 3.41. The Morgan fingerprint density at radius 1 is 1.38 bits per heavy atom. The Hall–Kier alpha value is -0.600. The van der Waals surface area contributed by atoms with Crippen molar-refractivity contribution in [1.82, 2.24) is 5.01 Å². The Balaban J connectivity index is 3.47. The highest BCUT2D eigenvalue weighted by molar-refractivity contribution is 4.46. The van der Waals surface area contributed by atoms with Crippen molar-refractivity contribution in [3.8, 4) is 0 Å². The molecule has 0 fully saturated rings. The molecule has 0 amide bonds. The molecule has 0 N–H and O–H groups in total. The number of rotatable bonds is 2. The Labute approximate surface area is 50.4 Å². The summed E-state index contributed by atoms with van der Waals surface area (Å²) in [4.78, 5) is 0. The molecule has 0 aromatic heterocycles. The zero-order valence-corrected chi connectivity index (χ0v) is 5.92. The molecule has 0 radical (unpaired) electrons. The van der Waals surface area contributed by atoms with E-state index in [2.05, 4.69) is 24.2 Å². The molecule has 0 bridgehead atoms. The largest absolute Gasteiger partial charge is 0.279 e. The molecule has 0 rings (SSSR count). The predicted molar refractivity (Wildman–Crippen MR) is 33.7 cm³/mol. The first-order chi connectivity index (χ1) is 3.68. The van der Waals surface area contributed by atoms with Crippen LogP contribution in [0, 0.1) is 0 Å². The third-order valence-corrected chi connectivity index (χ3v) is 0.978. The Morgan fingerprint density at radius 3 is 2.00 bits per heavy atom. The van der Waals surface area contributed by atoms with Crippen molar-refractivity contribution in [3.63, 3.8) is 0 Å². The second-order valence-electron chi connectivity index (χ2n) is 1.96. The highest BCUT2D eigenvalue weighted by Gasteiger charge is 1.95. The SMILES string of the molecule is C/N=N\N(C)C(C)C. The summed E-state index contributed by atoms with van der Waals surface area (Å²) in [7, 11) is 3.57. The Morgan fingerprint density at radius 2 is 1.88 bits per heavy atom. The maximum atomic E-state index is 3.78. The van der Waals surface area contributed by atoms with Gasteiger partial charge in [-0.3, -0.25) is 5.01 Å². The molecule has 8 heavy (non-hydrogen) atoms. The first-order valence-corrected chi connectivity index (χ1v) is 2.71. The molecule has 0 aromatic carbocycles. The fourth-order valence-electron chi connectivity index (χ4n) is 0.244. The van der Waals surface area contributed by atoms with Gasteiger partial charge in [0, 0.05) is 13.1 Å². The number of hydrogen-bond acceptors (Lipinski definition) is 2. The minimum atomic E-state index is 0.443. The zero-order chi connectivity index (χ0) is 6.57. The van der Waals surface area contributed by atoms with E-state index in [0.717, 1.165) is 0 Å². The summed E-state index contributed by atoms with van der Waals surface area (Å²) < 4.78 is 0. The van der Waals surface area contributed by atoms with Crippen LogP contribution >= 0.6 is 0 Å². The summed E-state index contributed by atoms with van der Waals surface area (Å²) >= 11 is 0. The van der Waals surface area contributed by atoms with E-state index < -0.39 is 0 Å². The molecule has 0 saturated carbocycles. The van der Waals surface area contributed by atoms with Gasteiger partial charge in [-0.25, -0.2) is 0 Å². The summed E-state index contributed by atoms with van der Waals surface area (Å²) in [6.45, 7) is 4.13. The van der Waals surface area contributed by atoms with Crippen molar-refractivity contribution < 1.29 is 0 Å². The molecule has 0 aliphatic heterocycles. The number of hydrogen-bond donors (Lipinski definition) is 0. The van der Waals surface area contributed by atoms with Gasteiger partial charge in [-0.2, -0.15) is 5.11 Å². The number of nitrogens with zero attached hydrogens (tertiary/aromatic N) is 3. The Bertz CT molecular complexity index is 77.7. The highest BCUT2D eigenvalue weighted by atomic mass is 15.5. The predicted octanol–water partition coefficient (Wildman–Crippen LogP) is 1.32. The molecular formula is C5H13N3. The minimum absolute atomic E-state index is 0.443. The quantitative estimate of drug-likeness (QED) is 0.394. The summed E-state index contributed by atoms with van der Waals surface area (Å²) in [5, 5.41) is 9.20. The van der Waals surface area contributed by atoms with Crippen LogP contribution in [0.25, 0.3) is 0 Å². The van der Waals surface area contributed by atoms with Gasteiger partial charge in [0.1, 0.15) is 0 Å². The summed E-state index contributed by atoms with van der Waals surface area (Å²) in [5.41, 5.74) is 0. The van der Waals surface area contributed by atoms with Gasteiger partial charge < -0.3 is 0 Å². The van der Waals surface area contributed by atoms with E-state index in [1.807, 2.05) is 7.05 Å². The zero-order valence-electron chi connectivity index (χ0n) is 5.92. The van der Waals surface area contributed by atoms with E-state index in [1.165, 1.54) is 0 Å². The third kappa shape index (κ3) is 2.55. The maximum absolute atomic E-state index is 3.78. The van der Waals surface area contributed by atoms with Gasteiger partial charge in [-0.15, -0.1) is 0 Å². The normalized spacial score (nSPS) is 11.1. The van der Waals surface area contributed by atoms with Crippen LogP contribution in [0.3, 0.4) is 0 Å². The maximum Gasteiger partial charge on any atom is 0.0509 e. The van der Waals surface area contributed by atoms with Crippen molar-refractivity contribution in [2.45, 2.75) is 19.9 Å². The lowest BCUT2D eigenvalue weighted by molar-refractivity contribution is 0.268. The van der Waals surface area contributed by atoms with Crippen LogP contribution in [0.1, 0.15) is 13.8 Å². The minimum Gasteiger partial charge on any atom is -0.279 e. The van der Waals surface area contributed by atoms with Crippen molar-refractivity contribution >= 4 is 0 Å². The van der Waals surface area contributed by atoms with E-state index in [0.29, 0.717) is 6.04 Å².